The zero-order valence-corrected chi connectivity index (χ0v) is 23.6. The smallest absolute Gasteiger partial charge is 0.227 e. The highest BCUT2D eigenvalue weighted by Gasteiger charge is 2.27. The number of benzene rings is 3. The number of carbonyl (C=O) groups is 1. The van der Waals surface area contributed by atoms with E-state index in [-0.39, 0.29) is 17.9 Å². The van der Waals surface area contributed by atoms with Crippen LogP contribution in [0.15, 0.2) is 65.8 Å². The van der Waals surface area contributed by atoms with Crippen molar-refractivity contribution >= 4 is 34.7 Å². The highest BCUT2D eigenvalue weighted by atomic mass is 35.5. The molecule has 0 atom stereocenters. The zero-order valence-electron chi connectivity index (χ0n) is 22.8. The molecule has 9 heteroatoms. The number of methoxy groups -OCH3 is 2. The maximum Gasteiger partial charge on any atom is 0.227 e. The number of nitrogens with zero attached hydrogens (tertiary/aromatic N) is 3. The van der Waals surface area contributed by atoms with Crippen LogP contribution in [0.5, 0.6) is 11.5 Å². The van der Waals surface area contributed by atoms with Gasteiger partial charge in [-0.3, -0.25) is 9.79 Å². The van der Waals surface area contributed by atoms with Crippen LogP contribution in [0.4, 0.5) is 16.0 Å². The molecule has 0 spiro atoms. The van der Waals surface area contributed by atoms with Crippen LogP contribution in [0, 0.1) is 11.2 Å². The van der Waals surface area contributed by atoms with Crippen LogP contribution < -0.4 is 14.8 Å². The number of carbonyl (C=O) groups excluding carboxylic acids is 1. The van der Waals surface area contributed by atoms with Gasteiger partial charge in [0.05, 0.1) is 43.3 Å². The maximum atomic E-state index is 15.1. The van der Waals surface area contributed by atoms with Crippen molar-refractivity contribution in [2.24, 2.45) is 10.4 Å². The first-order valence-electron chi connectivity index (χ1n) is 12.6. The Morgan fingerprint density at radius 2 is 1.77 bits per heavy atom. The maximum absolute atomic E-state index is 15.1. The molecule has 5 rings (SSSR count). The van der Waals surface area contributed by atoms with Gasteiger partial charge in [0, 0.05) is 45.1 Å². The first-order chi connectivity index (χ1) is 19.1. The second-order valence-electron chi connectivity index (χ2n) is 10.4. The Kier molecular flexibility index (Phi) is 7.29. The third-order valence-corrected chi connectivity index (χ3v) is 6.81. The molecule has 4 aromatic rings. The van der Waals surface area contributed by atoms with Gasteiger partial charge in [-0.15, -0.1) is 0 Å². The third-order valence-electron chi connectivity index (χ3n) is 6.58. The van der Waals surface area contributed by atoms with Crippen molar-refractivity contribution in [3.05, 3.63) is 93.9 Å². The molecule has 1 aliphatic rings. The summed E-state index contributed by atoms with van der Waals surface area (Å²) in [6, 6.07) is 15.3. The van der Waals surface area contributed by atoms with Gasteiger partial charge in [0.25, 0.3) is 0 Å². The standard InChI is InChI=1S/C31H28ClFN4O3/c1-31(2,3)29(38)21-12-10-19(14-25(21)40-5)36-30-35-16-17-15-34-28(26-23(33)7-6-8-24(26)39-4)22-13-18(32)9-11-20(22)27(17)37-30/h6-14,16H,15H2,1-5H3,(H,35,36,37). The van der Waals surface area contributed by atoms with Crippen LogP contribution in [-0.4, -0.2) is 35.7 Å². The molecule has 0 aliphatic carbocycles. The largest absolute Gasteiger partial charge is 0.496 e. The summed E-state index contributed by atoms with van der Waals surface area (Å²) in [6.45, 7) is 5.83. The number of Topliss-reactive ketones (excluding diaryl/α,β-unsaturated/α-hetero) is 1. The van der Waals surface area contributed by atoms with Gasteiger partial charge in [-0.1, -0.05) is 44.5 Å². The van der Waals surface area contributed by atoms with Crippen LogP contribution in [0.25, 0.3) is 11.3 Å². The Hall–Kier alpha value is -4.30. The Labute approximate surface area is 237 Å². The van der Waals surface area contributed by atoms with E-state index < -0.39 is 11.2 Å². The molecule has 1 aromatic heterocycles. The lowest BCUT2D eigenvalue weighted by molar-refractivity contribution is 0.0855. The second-order valence-corrected chi connectivity index (χ2v) is 10.8. The molecule has 3 aromatic carbocycles. The van der Waals surface area contributed by atoms with Gasteiger partial charge in [0.1, 0.15) is 17.3 Å². The van der Waals surface area contributed by atoms with Gasteiger partial charge >= 0.3 is 0 Å². The van der Waals surface area contributed by atoms with Gasteiger partial charge < -0.3 is 14.8 Å². The number of nitrogens with one attached hydrogen (secondary N) is 1. The van der Waals surface area contributed by atoms with Crippen molar-refractivity contribution in [1.29, 1.82) is 0 Å². The molecule has 0 saturated heterocycles. The third kappa shape index (κ3) is 5.14. The number of ether oxygens (including phenoxy) is 2. The minimum Gasteiger partial charge on any atom is -0.496 e. The van der Waals surface area contributed by atoms with E-state index in [1.165, 1.54) is 20.3 Å². The Balaban J connectivity index is 1.56. The predicted octanol–water partition coefficient (Wildman–Crippen LogP) is 7.28. The van der Waals surface area contributed by atoms with Crippen LogP contribution in [-0.2, 0) is 6.54 Å². The molecule has 0 saturated carbocycles. The number of hydrogen-bond acceptors (Lipinski definition) is 7. The highest BCUT2D eigenvalue weighted by Crippen LogP contribution is 2.37. The number of anilines is 2. The second kappa shape index (κ2) is 10.7. The lowest BCUT2D eigenvalue weighted by Gasteiger charge is -2.19. The fourth-order valence-electron chi connectivity index (χ4n) is 4.59. The first kappa shape index (κ1) is 27.3. The van der Waals surface area contributed by atoms with Crippen molar-refractivity contribution in [3.8, 4) is 22.8 Å². The molecule has 2 heterocycles. The van der Waals surface area contributed by atoms with E-state index in [2.05, 4.69) is 10.3 Å². The SMILES string of the molecule is COc1cc(Nc2ncc3c(n2)-c2ccc(Cl)cc2C(c2c(F)cccc2OC)=NC3)ccc1C(=O)C(C)(C)C. The van der Waals surface area contributed by atoms with E-state index in [1.807, 2.05) is 26.8 Å². The molecule has 0 unspecified atom stereocenters. The molecule has 40 heavy (non-hydrogen) atoms. The summed E-state index contributed by atoms with van der Waals surface area (Å²) in [5.41, 5.74) is 4.05. The number of halogens is 2. The van der Waals surface area contributed by atoms with Gasteiger partial charge in [-0.25, -0.2) is 14.4 Å². The fraction of sp³-hybridized carbons (Fsp3) is 0.226. The monoisotopic (exact) mass is 558 g/mol. The summed E-state index contributed by atoms with van der Waals surface area (Å²) in [5, 5.41) is 3.69. The molecule has 0 fully saturated rings. The van der Waals surface area contributed by atoms with E-state index in [1.54, 1.807) is 48.7 Å². The molecule has 0 amide bonds. The molecule has 0 radical (unpaired) electrons. The average molecular weight is 559 g/mol. The summed E-state index contributed by atoms with van der Waals surface area (Å²) >= 11 is 6.39. The molecule has 1 aliphatic heterocycles. The van der Waals surface area contributed by atoms with Gasteiger partial charge in [0.2, 0.25) is 5.95 Å². The van der Waals surface area contributed by atoms with E-state index in [4.69, 9.17) is 31.1 Å². The molecule has 204 valence electrons. The van der Waals surface area contributed by atoms with E-state index in [9.17, 15) is 4.79 Å². The van der Waals surface area contributed by atoms with Crippen molar-refractivity contribution in [2.75, 3.05) is 19.5 Å². The quantitative estimate of drug-likeness (QED) is 0.250. The molecular formula is C31H28ClFN4O3. The van der Waals surface area contributed by atoms with Gasteiger partial charge in [-0.05, 0) is 36.4 Å². The number of aliphatic imine (C=N–C) groups is 1. The topological polar surface area (TPSA) is 85.7 Å². The lowest BCUT2D eigenvalue weighted by atomic mass is 9.86. The minimum absolute atomic E-state index is 0.0188. The van der Waals surface area contributed by atoms with Crippen molar-refractivity contribution in [3.63, 3.8) is 0 Å². The predicted molar refractivity (Wildman–Crippen MR) is 155 cm³/mol. The van der Waals surface area contributed by atoms with E-state index in [0.29, 0.717) is 50.7 Å². The fourth-order valence-corrected chi connectivity index (χ4v) is 4.76. The first-order valence-corrected chi connectivity index (χ1v) is 13.0. The van der Waals surface area contributed by atoms with Crippen LogP contribution >= 0.6 is 11.6 Å². The number of aromatic nitrogens is 2. The molecule has 1 N–H and O–H groups in total. The molecule has 0 bridgehead atoms. The Bertz CT molecular complexity index is 1660. The van der Waals surface area contributed by atoms with Crippen LogP contribution in [0.3, 0.4) is 0 Å². The van der Waals surface area contributed by atoms with Crippen molar-refractivity contribution < 1.29 is 18.7 Å². The zero-order chi connectivity index (χ0) is 28.6. The number of fused-ring (bicyclic) bond motifs is 3. The van der Waals surface area contributed by atoms with E-state index in [0.717, 1.165) is 11.1 Å². The summed E-state index contributed by atoms with van der Waals surface area (Å²) in [4.78, 5) is 26.9. The lowest BCUT2D eigenvalue weighted by Crippen LogP contribution is -2.20. The number of rotatable bonds is 6. The summed E-state index contributed by atoms with van der Waals surface area (Å²) in [5.74, 6) is 0.687. The normalized spacial score (nSPS) is 12.5. The summed E-state index contributed by atoms with van der Waals surface area (Å²) in [6.07, 6.45) is 1.70. The van der Waals surface area contributed by atoms with Crippen LogP contribution in [0.2, 0.25) is 5.02 Å². The summed E-state index contributed by atoms with van der Waals surface area (Å²) in [7, 11) is 3.02. The van der Waals surface area contributed by atoms with Crippen molar-refractivity contribution in [2.45, 2.75) is 27.3 Å². The van der Waals surface area contributed by atoms with Gasteiger partial charge in [0.15, 0.2) is 5.78 Å². The number of hydrogen-bond donors (Lipinski definition) is 1. The molecule has 7 nitrogen and oxygen atoms in total. The van der Waals surface area contributed by atoms with E-state index >= 15 is 4.39 Å². The highest BCUT2D eigenvalue weighted by molar-refractivity contribution is 6.31. The molecular weight excluding hydrogens is 531 g/mol. The van der Waals surface area contributed by atoms with Gasteiger partial charge in [-0.2, -0.15) is 0 Å². The Morgan fingerprint density at radius 1 is 1.00 bits per heavy atom. The number of ketones is 1. The minimum atomic E-state index is -0.549. The van der Waals surface area contributed by atoms with Crippen LogP contribution in [0.1, 0.15) is 47.8 Å². The summed E-state index contributed by atoms with van der Waals surface area (Å²) < 4.78 is 26.1. The van der Waals surface area contributed by atoms with Crippen molar-refractivity contribution in [1.82, 2.24) is 9.97 Å². The average Bonchev–Trinajstić information content (AvgIpc) is 3.08. The Morgan fingerprint density at radius 3 is 2.50 bits per heavy atom.